The minimum atomic E-state index is 0.150. The highest BCUT2D eigenvalue weighted by atomic mass is 32.1. The highest BCUT2D eigenvalue weighted by Gasteiger charge is 2.25. The van der Waals surface area contributed by atoms with Gasteiger partial charge in [0.1, 0.15) is 0 Å². The molecule has 1 saturated heterocycles. The molecule has 1 aromatic rings. The molecule has 0 bridgehead atoms. The molecule has 0 N–H and O–H groups in total. The summed E-state index contributed by atoms with van der Waals surface area (Å²) in [7, 11) is 0. The first-order chi connectivity index (χ1) is 7.18. The van der Waals surface area contributed by atoms with Crippen LogP contribution in [0.1, 0.15) is 33.2 Å². The minimum absolute atomic E-state index is 0.150. The van der Waals surface area contributed by atoms with Crippen LogP contribution in [0.3, 0.4) is 0 Å². The van der Waals surface area contributed by atoms with Crippen molar-refractivity contribution in [3.05, 3.63) is 15.6 Å². The summed E-state index contributed by atoms with van der Waals surface area (Å²) in [5.41, 5.74) is 0.883. The molecule has 0 aromatic carbocycles. The maximum Gasteiger partial charge on any atom is 0.177 e. The molecule has 2 rings (SSSR count). The molecule has 0 atom stereocenters. The third-order valence-corrected chi connectivity index (χ3v) is 3.81. The van der Waals surface area contributed by atoms with Crippen LogP contribution in [0.2, 0.25) is 0 Å². The number of nitrogens with zero attached hydrogens (tertiary/aromatic N) is 1. The van der Waals surface area contributed by atoms with Crippen molar-refractivity contribution in [3.8, 4) is 0 Å². The van der Waals surface area contributed by atoms with Gasteiger partial charge < -0.3 is 4.74 Å². The number of ether oxygens (including phenoxy) is 1. The van der Waals surface area contributed by atoms with E-state index in [9.17, 15) is 4.79 Å². The zero-order valence-electron chi connectivity index (χ0n) is 9.08. The standard InChI is InChI=1S/C11H15NO2S/c1-7-11(15-8(2)12-7)10(13)9-3-5-14-6-4-9/h9H,3-6H2,1-2H3. The van der Waals surface area contributed by atoms with Gasteiger partial charge in [-0.25, -0.2) is 4.98 Å². The second kappa shape index (κ2) is 4.41. The normalized spacial score (nSPS) is 18.0. The molecule has 0 unspecified atom stereocenters. The first-order valence-electron chi connectivity index (χ1n) is 5.24. The van der Waals surface area contributed by atoms with Crippen molar-refractivity contribution in [2.75, 3.05) is 13.2 Å². The SMILES string of the molecule is Cc1nc(C)c(C(=O)C2CCOCC2)s1. The van der Waals surface area contributed by atoms with E-state index in [1.165, 1.54) is 11.3 Å². The molecule has 2 heterocycles. The number of rotatable bonds is 2. The third-order valence-electron chi connectivity index (χ3n) is 2.72. The summed E-state index contributed by atoms with van der Waals surface area (Å²) in [5.74, 6) is 0.415. The van der Waals surface area contributed by atoms with E-state index >= 15 is 0 Å². The van der Waals surface area contributed by atoms with Gasteiger partial charge in [-0.05, 0) is 26.7 Å². The average Bonchev–Trinajstić information content (AvgIpc) is 2.58. The monoisotopic (exact) mass is 225 g/mol. The number of hydrogen-bond acceptors (Lipinski definition) is 4. The summed E-state index contributed by atoms with van der Waals surface area (Å²) in [4.78, 5) is 17.3. The Hall–Kier alpha value is -0.740. The van der Waals surface area contributed by atoms with E-state index in [0.29, 0.717) is 13.2 Å². The van der Waals surface area contributed by atoms with Crippen LogP contribution in [-0.4, -0.2) is 24.0 Å². The van der Waals surface area contributed by atoms with Gasteiger partial charge >= 0.3 is 0 Å². The molecule has 1 aliphatic heterocycles. The van der Waals surface area contributed by atoms with Crippen molar-refractivity contribution in [1.82, 2.24) is 4.98 Å². The van der Waals surface area contributed by atoms with Crippen molar-refractivity contribution in [3.63, 3.8) is 0 Å². The lowest BCUT2D eigenvalue weighted by molar-refractivity contribution is 0.0547. The van der Waals surface area contributed by atoms with Crippen LogP contribution >= 0.6 is 11.3 Å². The highest BCUT2D eigenvalue weighted by Crippen LogP contribution is 2.25. The van der Waals surface area contributed by atoms with Crippen LogP contribution in [0, 0.1) is 19.8 Å². The molecular weight excluding hydrogens is 210 g/mol. The van der Waals surface area contributed by atoms with Crippen LogP contribution < -0.4 is 0 Å². The number of aromatic nitrogens is 1. The van der Waals surface area contributed by atoms with Gasteiger partial charge in [0.25, 0.3) is 0 Å². The molecule has 1 fully saturated rings. The highest BCUT2D eigenvalue weighted by molar-refractivity contribution is 7.13. The first-order valence-corrected chi connectivity index (χ1v) is 6.06. The predicted molar refractivity (Wildman–Crippen MR) is 59.5 cm³/mol. The fourth-order valence-electron chi connectivity index (χ4n) is 1.91. The van der Waals surface area contributed by atoms with Crippen LogP contribution in [0.15, 0.2) is 0 Å². The van der Waals surface area contributed by atoms with E-state index in [1.807, 2.05) is 13.8 Å². The van der Waals surface area contributed by atoms with Gasteiger partial charge in [0.2, 0.25) is 0 Å². The molecule has 1 aliphatic rings. The van der Waals surface area contributed by atoms with Gasteiger partial charge in [-0.1, -0.05) is 0 Å². The molecule has 0 saturated carbocycles. The summed E-state index contributed by atoms with van der Waals surface area (Å²) in [5, 5.41) is 0.975. The number of aryl methyl sites for hydroxylation is 2. The number of carbonyl (C=O) groups is 1. The lowest BCUT2D eigenvalue weighted by Gasteiger charge is -2.20. The van der Waals surface area contributed by atoms with E-state index in [-0.39, 0.29) is 11.7 Å². The smallest absolute Gasteiger partial charge is 0.177 e. The van der Waals surface area contributed by atoms with Crippen molar-refractivity contribution in [2.24, 2.45) is 5.92 Å². The topological polar surface area (TPSA) is 39.2 Å². The number of carbonyl (C=O) groups excluding carboxylic acids is 1. The maximum atomic E-state index is 12.1. The lowest BCUT2D eigenvalue weighted by atomic mass is 9.94. The molecule has 0 amide bonds. The minimum Gasteiger partial charge on any atom is -0.381 e. The molecule has 1 aromatic heterocycles. The first kappa shape index (κ1) is 10.8. The van der Waals surface area contributed by atoms with E-state index in [1.54, 1.807) is 0 Å². The van der Waals surface area contributed by atoms with Gasteiger partial charge in [-0.15, -0.1) is 11.3 Å². The Labute approximate surface area is 93.5 Å². The summed E-state index contributed by atoms with van der Waals surface area (Å²) >= 11 is 1.51. The van der Waals surface area contributed by atoms with Gasteiger partial charge in [-0.3, -0.25) is 4.79 Å². The molecule has 0 spiro atoms. The van der Waals surface area contributed by atoms with Gasteiger partial charge in [0, 0.05) is 19.1 Å². The fourth-order valence-corrected chi connectivity index (χ4v) is 2.84. The summed E-state index contributed by atoms with van der Waals surface area (Å²) < 4.78 is 5.26. The maximum absolute atomic E-state index is 12.1. The molecule has 0 radical (unpaired) electrons. The van der Waals surface area contributed by atoms with E-state index in [2.05, 4.69) is 4.98 Å². The lowest BCUT2D eigenvalue weighted by Crippen LogP contribution is -2.23. The Morgan fingerprint density at radius 1 is 1.40 bits per heavy atom. The number of Topliss-reactive ketones (excluding diaryl/α,β-unsaturated/α-hetero) is 1. The van der Waals surface area contributed by atoms with Crippen molar-refractivity contribution >= 4 is 17.1 Å². The van der Waals surface area contributed by atoms with E-state index in [4.69, 9.17) is 4.74 Å². The van der Waals surface area contributed by atoms with Crippen LogP contribution in [0.5, 0.6) is 0 Å². The van der Waals surface area contributed by atoms with Crippen molar-refractivity contribution in [1.29, 1.82) is 0 Å². The molecule has 3 nitrogen and oxygen atoms in total. The largest absolute Gasteiger partial charge is 0.381 e. The van der Waals surface area contributed by atoms with E-state index in [0.717, 1.165) is 28.4 Å². The Bertz CT molecular complexity index is 367. The second-order valence-corrected chi connectivity index (χ2v) is 5.10. The van der Waals surface area contributed by atoms with Crippen molar-refractivity contribution < 1.29 is 9.53 Å². The quantitative estimate of drug-likeness (QED) is 0.725. The number of thiazole rings is 1. The van der Waals surface area contributed by atoms with Crippen LogP contribution in [-0.2, 0) is 4.74 Å². The Kier molecular flexibility index (Phi) is 3.17. The van der Waals surface area contributed by atoms with Gasteiger partial charge in [0.15, 0.2) is 5.78 Å². The Morgan fingerprint density at radius 2 is 2.07 bits per heavy atom. The number of ketones is 1. The molecule has 4 heteroatoms. The number of hydrogen-bond donors (Lipinski definition) is 0. The Morgan fingerprint density at radius 3 is 2.60 bits per heavy atom. The molecule has 15 heavy (non-hydrogen) atoms. The van der Waals surface area contributed by atoms with Crippen molar-refractivity contribution in [2.45, 2.75) is 26.7 Å². The zero-order chi connectivity index (χ0) is 10.8. The fraction of sp³-hybridized carbons (Fsp3) is 0.636. The Balaban J connectivity index is 2.16. The molecule has 82 valence electrons. The van der Waals surface area contributed by atoms with Crippen LogP contribution in [0.25, 0.3) is 0 Å². The van der Waals surface area contributed by atoms with Crippen LogP contribution in [0.4, 0.5) is 0 Å². The summed E-state index contributed by atoms with van der Waals surface area (Å²) in [6, 6.07) is 0. The summed E-state index contributed by atoms with van der Waals surface area (Å²) in [6.45, 7) is 5.29. The van der Waals surface area contributed by atoms with Gasteiger partial charge in [0.05, 0.1) is 15.6 Å². The van der Waals surface area contributed by atoms with E-state index < -0.39 is 0 Å². The van der Waals surface area contributed by atoms with Gasteiger partial charge in [-0.2, -0.15) is 0 Å². The predicted octanol–water partition coefficient (Wildman–Crippen LogP) is 2.37. The summed E-state index contributed by atoms with van der Waals surface area (Å²) in [6.07, 6.45) is 1.71. The zero-order valence-corrected chi connectivity index (χ0v) is 9.89. The molecule has 0 aliphatic carbocycles. The molecular formula is C11H15NO2S. The average molecular weight is 225 g/mol. The third kappa shape index (κ3) is 2.26. The second-order valence-electron chi connectivity index (χ2n) is 3.90.